The van der Waals surface area contributed by atoms with Crippen LogP contribution in [0.15, 0.2) is 48.5 Å². The minimum absolute atomic E-state index is 0.0949. The second-order valence-corrected chi connectivity index (χ2v) is 8.66. The van der Waals surface area contributed by atoms with E-state index in [0.29, 0.717) is 0 Å². The molecule has 0 radical (unpaired) electrons. The number of nitrogens with zero attached hydrogens (tertiary/aromatic N) is 1. The Morgan fingerprint density at radius 3 is 2.13 bits per heavy atom. The van der Waals surface area contributed by atoms with E-state index in [9.17, 15) is 14.4 Å². The van der Waals surface area contributed by atoms with Gasteiger partial charge in [0.15, 0.2) is 0 Å². The molecule has 4 rings (SSSR count). The molecular formula is C24H25NO5. The molecule has 0 spiro atoms. The van der Waals surface area contributed by atoms with Gasteiger partial charge in [-0.25, -0.2) is 14.5 Å². The van der Waals surface area contributed by atoms with Gasteiger partial charge < -0.3 is 9.47 Å². The minimum atomic E-state index is -0.938. The van der Waals surface area contributed by atoms with Crippen LogP contribution < -0.4 is 0 Å². The molecule has 2 amide bonds. The number of hydrogen-bond acceptors (Lipinski definition) is 5. The van der Waals surface area contributed by atoms with Gasteiger partial charge in [-0.15, -0.1) is 0 Å². The summed E-state index contributed by atoms with van der Waals surface area (Å²) < 4.78 is 10.9. The third-order valence-corrected chi connectivity index (χ3v) is 5.42. The van der Waals surface area contributed by atoms with Crippen molar-refractivity contribution in [2.24, 2.45) is 0 Å². The van der Waals surface area contributed by atoms with Crippen LogP contribution in [0, 0.1) is 0 Å². The lowest BCUT2D eigenvalue weighted by molar-refractivity contribution is -0.161. The van der Waals surface area contributed by atoms with E-state index in [1.807, 2.05) is 36.4 Å². The first kappa shape index (κ1) is 20.1. The topological polar surface area (TPSA) is 72.9 Å². The fourth-order valence-corrected chi connectivity index (χ4v) is 4.17. The Hall–Kier alpha value is -3.15. The molecule has 0 N–H and O–H groups in total. The lowest BCUT2D eigenvalue weighted by Gasteiger charge is -2.26. The highest BCUT2D eigenvalue weighted by atomic mass is 16.6. The van der Waals surface area contributed by atoms with Crippen LogP contribution in [0.2, 0.25) is 0 Å². The van der Waals surface area contributed by atoms with Crippen LogP contribution in [0.4, 0.5) is 4.79 Å². The molecule has 1 saturated heterocycles. The van der Waals surface area contributed by atoms with E-state index in [2.05, 4.69) is 12.1 Å². The van der Waals surface area contributed by atoms with Crippen LogP contribution in [-0.4, -0.2) is 41.1 Å². The van der Waals surface area contributed by atoms with E-state index >= 15 is 0 Å². The first-order chi connectivity index (χ1) is 14.3. The average molecular weight is 407 g/mol. The first-order valence-electron chi connectivity index (χ1n) is 10.2. The van der Waals surface area contributed by atoms with Gasteiger partial charge in [0, 0.05) is 12.3 Å². The Bertz CT molecular complexity index is 961. The molecule has 0 unspecified atom stereocenters. The van der Waals surface area contributed by atoms with E-state index in [1.54, 1.807) is 20.8 Å². The molecule has 1 atom stereocenters. The Labute approximate surface area is 175 Å². The van der Waals surface area contributed by atoms with Gasteiger partial charge in [0.2, 0.25) is 5.91 Å². The summed E-state index contributed by atoms with van der Waals surface area (Å²) in [5.74, 6) is -1.11. The SMILES string of the molecule is CC(C)(C)OC(=O)[C@@H]1CCC(=O)N1C(=O)OCC1c2ccccc2-c2ccccc21. The third-order valence-electron chi connectivity index (χ3n) is 5.42. The predicted molar refractivity (Wildman–Crippen MR) is 111 cm³/mol. The Morgan fingerprint density at radius 2 is 1.57 bits per heavy atom. The lowest BCUT2D eigenvalue weighted by atomic mass is 9.98. The highest BCUT2D eigenvalue weighted by molar-refractivity contribution is 5.99. The number of carbonyl (C=O) groups is 3. The number of hydrogen-bond donors (Lipinski definition) is 0. The third kappa shape index (κ3) is 3.70. The van der Waals surface area contributed by atoms with Crippen molar-refractivity contribution in [3.05, 3.63) is 59.7 Å². The molecule has 30 heavy (non-hydrogen) atoms. The Morgan fingerprint density at radius 1 is 1.00 bits per heavy atom. The number of fused-ring (bicyclic) bond motifs is 3. The fraction of sp³-hybridized carbons (Fsp3) is 0.375. The summed E-state index contributed by atoms with van der Waals surface area (Å²) in [5.41, 5.74) is 3.72. The average Bonchev–Trinajstić information content (AvgIpc) is 3.23. The van der Waals surface area contributed by atoms with E-state index in [4.69, 9.17) is 9.47 Å². The molecule has 2 aromatic carbocycles. The number of imide groups is 1. The molecular weight excluding hydrogens is 382 g/mol. The van der Waals surface area contributed by atoms with Crippen molar-refractivity contribution in [3.63, 3.8) is 0 Å². The number of likely N-dealkylation sites (tertiary alicyclic amines) is 1. The minimum Gasteiger partial charge on any atom is -0.458 e. The Balaban J connectivity index is 1.50. The normalized spacial score (nSPS) is 18.2. The van der Waals surface area contributed by atoms with E-state index < -0.39 is 29.6 Å². The van der Waals surface area contributed by atoms with Crippen LogP contribution in [-0.2, 0) is 19.1 Å². The van der Waals surface area contributed by atoms with Crippen molar-refractivity contribution in [2.45, 2.75) is 51.2 Å². The summed E-state index contributed by atoms with van der Waals surface area (Å²) in [7, 11) is 0. The highest BCUT2D eigenvalue weighted by Gasteiger charge is 2.43. The number of carbonyl (C=O) groups excluding carboxylic acids is 3. The number of benzene rings is 2. The second-order valence-electron chi connectivity index (χ2n) is 8.66. The van der Waals surface area contributed by atoms with Crippen LogP contribution in [0.5, 0.6) is 0 Å². The molecule has 0 saturated carbocycles. The molecule has 2 aromatic rings. The maximum absolute atomic E-state index is 12.8. The lowest BCUT2D eigenvalue weighted by Crippen LogP contribution is -2.45. The van der Waals surface area contributed by atoms with Crippen molar-refractivity contribution in [3.8, 4) is 11.1 Å². The maximum Gasteiger partial charge on any atom is 0.417 e. The predicted octanol–water partition coefficient (Wildman–Crippen LogP) is 4.27. The Kier molecular flexibility index (Phi) is 5.10. The molecule has 1 aliphatic heterocycles. The molecule has 1 fully saturated rings. The van der Waals surface area contributed by atoms with Crippen LogP contribution in [0.25, 0.3) is 11.1 Å². The van der Waals surface area contributed by atoms with Crippen molar-refractivity contribution < 1.29 is 23.9 Å². The van der Waals surface area contributed by atoms with Gasteiger partial charge in [-0.05, 0) is 49.4 Å². The van der Waals surface area contributed by atoms with Crippen molar-refractivity contribution in [1.29, 1.82) is 0 Å². The van der Waals surface area contributed by atoms with Crippen molar-refractivity contribution in [2.75, 3.05) is 6.61 Å². The van der Waals surface area contributed by atoms with Gasteiger partial charge >= 0.3 is 12.1 Å². The van der Waals surface area contributed by atoms with Crippen LogP contribution in [0.1, 0.15) is 50.7 Å². The van der Waals surface area contributed by atoms with Crippen LogP contribution >= 0.6 is 0 Å². The zero-order valence-electron chi connectivity index (χ0n) is 17.4. The first-order valence-corrected chi connectivity index (χ1v) is 10.2. The molecule has 1 aliphatic carbocycles. The fourth-order valence-electron chi connectivity index (χ4n) is 4.17. The number of rotatable bonds is 3. The molecule has 2 aliphatic rings. The van der Waals surface area contributed by atoms with Crippen molar-refractivity contribution in [1.82, 2.24) is 4.90 Å². The number of amides is 2. The largest absolute Gasteiger partial charge is 0.458 e. The molecule has 156 valence electrons. The zero-order chi connectivity index (χ0) is 21.5. The van der Waals surface area contributed by atoms with Gasteiger partial charge in [-0.3, -0.25) is 4.79 Å². The smallest absolute Gasteiger partial charge is 0.417 e. The summed E-state index contributed by atoms with van der Waals surface area (Å²) in [6.45, 7) is 5.34. The molecule has 0 bridgehead atoms. The summed E-state index contributed by atoms with van der Waals surface area (Å²) in [6.07, 6.45) is -0.429. The highest BCUT2D eigenvalue weighted by Crippen LogP contribution is 2.44. The van der Waals surface area contributed by atoms with Crippen LogP contribution in [0.3, 0.4) is 0 Å². The van der Waals surface area contributed by atoms with E-state index in [0.717, 1.165) is 27.2 Å². The van der Waals surface area contributed by atoms with Gasteiger partial charge in [0.25, 0.3) is 0 Å². The zero-order valence-corrected chi connectivity index (χ0v) is 17.4. The number of ether oxygens (including phenoxy) is 2. The van der Waals surface area contributed by atoms with E-state index in [1.165, 1.54) is 0 Å². The molecule has 0 aromatic heterocycles. The molecule has 1 heterocycles. The van der Waals surface area contributed by atoms with Crippen molar-refractivity contribution >= 4 is 18.0 Å². The van der Waals surface area contributed by atoms with Gasteiger partial charge in [0.05, 0.1) is 0 Å². The summed E-state index contributed by atoms with van der Waals surface area (Å²) in [6, 6.07) is 15.1. The summed E-state index contributed by atoms with van der Waals surface area (Å²) in [4.78, 5) is 38.5. The second kappa shape index (κ2) is 7.59. The monoisotopic (exact) mass is 407 g/mol. The maximum atomic E-state index is 12.8. The molecule has 6 nitrogen and oxygen atoms in total. The quantitative estimate of drug-likeness (QED) is 0.711. The van der Waals surface area contributed by atoms with E-state index in [-0.39, 0.29) is 25.4 Å². The summed E-state index contributed by atoms with van der Waals surface area (Å²) >= 11 is 0. The number of esters is 1. The van der Waals surface area contributed by atoms with Gasteiger partial charge in [-0.1, -0.05) is 48.5 Å². The standard InChI is InChI=1S/C24H25NO5/c1-24(2,3)30-22(27)20-12-13-21(26)25(20)23(28)29-14-19-17-10-6-4-8-15(17)16-9-5-7-11-18(16)19/h4-11,19-20H,12-14H2,1-3H3/t20-/m0/s1. The molecule has 6 heteroatoms. The van der Waals surface area contributed by atoms with Gasteiger partial charge in [-0.2, -0.15) is 0 Å². The van der Waals surface area contributed by atoms with Gasteiger partial charge in [0.1, 0.15) is 18.2 Å². The summed E-state index contributed by atoms with van der Waals surface area (Å²) in [5, 5.41) is 0.